The topological polar surface area (TPSA) is 76.1 Å². The van der Waals surface area contributed by atoms with E-state index in [9.17, 15) is 4.79 Å². The number of ether oxygens (including phenoxy) is 1. The van der Waals surface area contributed by atoms with Crippen molar-refractivity contribution in [1.82, 2.24) is 0 Å². The van der Waals surface area contributed by atoms with Gasteiger partial charge in [-0.25, -0.2) is 0 Å². The third-order valence-corrected chi connectivity index (χ3v) is 0.495. The maximum absolute atomic E-state index is 9.82. The Morgan fingerprint density at radius 2 is 2.22 bits per heavy atom. The van der Waals surface area contributed by atoms with Gasteiger partial charge in [0, 0.05) is 6.54 Å². The summed E-state index contributed by atoms with van der Waals surface area (Å²) in [6.45, 7) is 0.606. The average Bonchev–Trinajstić information content (AvgIpc) is 1.66. The van der Waals surface area contributed by atoms with E-state index in [1.165, 1.54) is 0 Å². The summed E-state index contributed by atoms with van der Waals surface area (Å²) in [4.78, 5) is 9.82. The standard InChI is InChI=1S/C4H10N2O2.Au/c5-1-2-8-3-4(6)7;/h1-3,5H2,(H2,6,7);/q;+1/p-1. The molecule has 0 aliphatic rings. The number of carbonyl (C=O) groups is 1. The smallest absolute Gasteiger partial charge is 0.666 e. The van der Waals surface area contributed by atoms with Gasteiger partial charge in [0.25, 0.3) is 0 Å². The Bertz CT molecular complexity index is 79.0. The molecule has 0 aliphatic heterocycles. The minimum atomic E-state index is -0.710. The number of hydrogen-bond acceptors (Lipinski definition) is 3. The molecule has 5 heteroatoms. The van der Waals surface area contributed by atoms with E-state index in [2.05, 4.69) is 4.74 Å². The first kappa shape index (κ1) is 11.9. The summed E-state index contributed by atoms with van der Waals surface area (Å²) in [6.07, 6.45) is 0. The van der Waals surface area contributed by atoms with Gasteiger partial charge >= 0.3 is 22.4 Å². The maximum Gasteiger partial charge on any atom is 1.00 e. The molecule has 0 bridgehead atoms. The van der Waals surface area contributed by atoms with Gasteiger partial charge in [0.1, 0.15) is 0 Å². The summed E-state index contributed by atoms with van der Waals surface area (Å²) < 4.78 is 4.58. The van der Waals surface area contributed by atoms with Crippen molar-refractivity contribution in [3.05, 3.63) is 5.73 Å². The molecule has 0 spiro atoms. The van der Waals surface area contributed by atoms with E-state index in [4.69, 9.17) is 11.5 Å². The van der Waals surface area contributed by atoms with Crippen molar-refractivity contribution in [3.63, 3.8) is 0 Å². The first-order chi connectivity index (χ1) is 3.77. The van der Waals surface area contributed by atoms with E-state index in [0.29, 0.717) is 13.2 Å². The second kappa shape index (κ2) is 8.13. The van der Waals surface area contributed by atoms with Crippen molar-refractivity contribution < 1.29 is 31.9 Å². The third kappa shape index (κ3) is 11.6. The number of nitrogens with two attached hydrogens (primary N) is 1. The number of carbonyl (C=O) groups excluding carboxylic acids is 1. The molecule has 0 radical (unpaired) electrons. The SMILES string of the molecule is [Au+].[NH-]C(=O)COCCN. The van der Waals surface area contributed by atoms with Crippen LogP contribution in [0.2, 0.25) is 0 Å². The number of nitrogens with one attached hydrogen (secondary N) is 1. The van der Waals surface area contributed by atoms with Gasteiger partial charge in [0.15, 0.2) is 0 Å². The van der Waals surface area contributed by atoms with E-state index < -0.39 is 5.91 Å². The summed E-state index contributed by atoms with van der Waals surface area (Å²) >= 11 is 0. The van der Waals surface area contributed by atoms with E-state index in [-0.39, 0.29) is 29.0 Å². The van der Waals surface area contributed by atoms with Gasteiger partial charge in [0.05, 0.1) is 19.1 Å². The normalized spacial score (nSPS) is 8.11. The Kier molecular flexibility index (Phi) is 10.7. The van der Waals surface area contributed by atoms with E-state index >= 15 is 0 Å². The molecule has 1 amide bonds. The first-order valence-corrected chi connectivity index (χ1v) is 2.29. The zero-order chi connectivity index (χ0) is 6.41. The van der Waals surface area contributed by atoms with Gasteiger partial charge in [-0.3, -0.25) is 0 Å². The molecule has 0 unspecified atom stereocenters. The number of hydrogen-bond donors (Lipinski definition) is 1. The van der Waals surface area contributed by atoms with Crippen molar-refractivity contribution >= 4 is 5.91 Å². The Balaban J connectivity index is 0. The Labute approximate surface area is 69.4 Å². The van der Waals surface area contributed by atoms with Gasteiger partial charge in [-0.2, -0.15) is 0 Å². The van der Waals surface area contributed by atoms with Crippen LogP contribution in [0.4, 0.5) is 0 Å². The Morgan fingerprint density at radius 1 is 1.67 bits per heavy atom. The summed E-state index contributed by atoms with van der Waals surface area (Å²) in [5.74, 6) is -0.710. The monoisotopic (exact) mass is 314 g/mol. The zero-order valence-electron chi connectivity index (χ0n) is 4.82. The van der Waals surface area contributed by atoms with Crippen molar-refractivity contribution in [3.8, 4) is 0 Å². The van der Waals surface area contributed by atoms with E-state index in [0.717, 1.165) is 0 Å². The van der Waals surface area contributed by atoms with Gasteiger partial charge in [-0.15, -0.1) is 0 Å². The second-order valence-electron chi connectivity index (χ2n) is 1.26. The molecule has 4 nitrogen and oxygen atoms in total. The maximum atomic E-state index is 9.82. The van der Waals surface area contributed by atoms with Crippen LogP contribution in [-0.2, 0) is 31.9 Å². The molecule has 0 saturated heterocycles. The fourth-order valence-corrected chi connectivity index (χ4v) is 0.248. The van der Waals surface area contributed by atoms with Crippen molar-refractivity contribution in [1.29, 1.82) is 0 Å². The second-order valence-corrected chi connectivity index (χ2v) is 1.26. The Hall–Kier alpha value is 0.130. The summed E-state index contributed by atoms with van der Waals surface area (Å²) in [5.41, 5.74) is 11.4. The van der Waals surface area contributed by atoms with E-state index in [1.54, 1.807) is 0 Å². The van der Waals surface area contributed by atoms with Gasteiger partial charge in [0.2, 0.25) is 0 Å². The van der Waals surface area contributed by atoms with Crippen LogP contribution in [-0.4, -0.2) is 25.7 Å². The fraction of sp³-hybridized carbons (Fsp3) is 0.750. The molecule has 0 aliphatic carbocycles. The molecular formula is C4H9AuN2O2. The molecule has 0 aromatic carbocycles. The van der Waals surface area contributed by atoms with Crippen LogP contribution >= 0.6 is 0 Å². The number of amides is 1. The van der Waals surface area contributed by atoms with Crippen LogP contribution in [0, 0.1) is 0 Å². The zero-order valence-corrected chi connectivity index (χ0v) is 6.98. The van der Waals surface area contributed by atoms with Crippen LogP contribution in [0.5, 0.6) is 0 Å². The summed E-state index contributed by atoms with van der Waals surface area (Å²) in [6, 6.07) is 0. The quantitative estimate of drug-likeness (QED) is 0.563. The fourth-order valence-electron chi connectivity index (χ4n) is 0.248. The average molecular weight is 314 g/mol. The summed E-state index contributed by atoms with van der Waals surface area (Å²) in [5, 5.41) is 0. The third-order valence-electron chi connectivity index (χ3n) is 0.495. The molecule has 0 saturated carbocycles. The summed E-state index contributed by atoms with van der Waals surface area (Å²) in [7, 11) is 0. The van der Waals surface area contributed by atoms with Crippen molar-refractivity contribution in [2.75, 3.05) is 19.8 Å². The molecule has 0 aromatic rings. The van der Waals surface area contributed by atoms with Crippen LogP contribution in [0.25, 0.3) is 5.73 Å². The van der Waals surface area contributed by atoms with Gasteiger partial charge < -0.3 is 21.0 Å². The van der Waals surface area contributed by atoms with Gasteiger partial charge in [-0.1, -0.05) is 0 Å². The molecule has 0 fully saturated rings. The number of rotatable bonds is 4. The molecule has 0 heterocycles. The van der Waals surface area contributed by atoms with Crippen molar-refractivity contribution in [2.45, 2.75) is 0 Å². The molecule has 3 N–H and O–H groups in total. The molecule has 0 rings (SSSR count). The minimum absolute atomic E-state index is 0. The molecule has 0 aromatic heterocycles. The predicted molar refractivity (Wildman–Crippen MR) is 29.2 cm³/mol. The molecule has 0 atom stereocenters. The first-order valence-electron chi connectivity index (χ1n) is 2.29. The molecular weight excluding hydrogens is 305 g/mol. The van der Waals surface area contributed by atoms with Crippen LogP contribution in [0.1, 0.15) is 0 Å². The van der Waals surface area contributed by atoms with Crippen molar-refractivity contribution in [2.24, 2.45) is 5.73 Å². The minimum Gasteiger partial charge on any atom is -0.666 e. The van der Waals surface area contributed by atoms with Gasteiger partial charge in [-0.05, 0) is 0 Å². The predicted octanol–water partition coefficient (Wildman–Crippen LogP) is -0.462. The van der Waals surface area contributed by atoms with Crippen LogP contribution < -0.4 is 5.73 Å². The largest absolute Gasteiger partial charge is 1.00 e. The molecule has 58 valence electrons. The van der Waals surface area contributed by atoms with Crippen LogP contribution in [0.15, 0.2) is 0 Å². The van der Waals surface area contributed by atoms with E-state index in [1.807, 2.05) is 0 Å². The Morgan fingerprint density at radius 3 is 2.56 bits per heavy atom. The molecule has 9 heavy (non-hydrogen) atoms. The van der Waals surface area contributed by atoms with Crippen LogP contribution in [0.3, 0.4) is 0 Å².